The maximum atomic E-state index is 12.7. The number of hydrogen-bond donors (Lipinski definition) is 1. The second-order valence-electron chi connectivity index (χ2n) is 6.22. The van der Waals surface area contributed by atoms with Gasteiger partial charge < -0.3 is 23.9 Å². The van der Waals surface area contributed by atoms with Gasteiger partial charge in [-0.2, -0.15) is 0 Å². The molecule has 0 saturated carbocycles. The maximum Gasteiger partial charge on any atom is 0.339 e. The van der Waals surface area contributed by atoms with Crippen molar-refractivity contribution in [2.45, 2.75) is 26.9 Å². The number of rotatable bonds is 5. The van der Waals surface area contributed by atoms with Gasteiger partial charge >= 0.3 is 11.9 Å². The summed E-state index contributed by atoms with van der Waals surface area (Å²) in [7, 11) is 1.26. The number of halogens is 1. The fourth-order valence-electron chi connectivity index (χ4n) is 2.98. The Labute approximate surface area is 165 Å². The summed E-state index contributed by atoms with van der Waals surface area (Å²) in [6.45, 7) is 4.73. The number of methoxy groups -OCH3 is 1. The zero-order valence-electron chi connectivity index (χ0n) is 15.7. The molecule has 28 heavy (non-hydrogen) atoms. The number of Topliss-reactive ketones (excluding diaryl/α,β-unsaturated/α-hetero) is 1. The number of aryl methyl sites for hydroxylation is 1. The van der Waals surface area contributed by atoms with Crippen LogP contribution in [0.3, 0.4) is 0 Å². The first kappa shape index (κ1) is 19.8. The van der Waals surface area contributed by atoms with E-state index in [0.717, 1.165) is 0 Å². The number of carbonyl (C=O) groups excluding carboxylic acids is 3. The summed E-state index contributed by atoms with van der Waals surface area (Å²) in [6.07, 6.45) is -1.10. The molecule has 2 aromatic rings. The lowest BCUT2D eigenvalue weighted by Gasteiger charge is -2.13. The van der Waals surface area contributed by atoms with Crippen LogP contribution in [0, 0.1) is 13.8 Å². The highest BCUT2D eigenvalue weighted by atomic mass is 35.5. The van der Waals surface area contributed by atoms with E-state index in [1.54, 1.807) is 13.8 Å². The molecule has 1 aromatic heterocycles. The van der Waals surface area contributed by atoms with Gasteiger partial charge in [-0.05, 0) is 38.5 Å². The number of H-pyrrole nitrogens is 1. The molecule has 0 bridgehead atoms. The summed E-state index contributed by atoms with van der Waals surface area (Å²) in [6, 6.07) is 2.82. The Morgan fingerprint density at radius 3 is 2.57 bits per heavy atom. The molecule has 1 aromatic carbocycles. The summed E-state index contributed by atoms with van der Waals surface area (Å²) in [4.78, 5) is 39.9. The van der Waals surface area contributed by atoms with Gasteiger partial charge in [0, 0.05) is 5.69 Å². The molecule has 1 aliphatic rings. The SMILES string of the molecule is COC(=O)c1c(C)[nH]c(C(=O)C(C)OC(=O)c2cc(Cl)c3c(c2)OCO3)c1C. The lowest BCUT2D eigenvalue weighted by Crippen LogP contribution is -2.25. The smallest absolute Gasteiger partial charge is 0.339 e. The lowest BCUT2D eigenvalue weighted by molar-refractivity contribution is 0.0316. The van der Waals surface area contributed by atoms with E-state index in [-0.39, 0.29) is 28.6 Å². The molecule has 1 atom stereocenters. The first-order valence-corrected chi connectivity index (χ1v) is 8.74. The van der Waals surface area contributed by atoms with Crippen molar-refractivity contribution in [2.75, 3.05) is 13.9 Å². The van der Waals surface area contributed by atoms with Crippen molar-refractivity contribution in [2.24, 2.45) is 0 Å². The van der Waals surface area contributed by atoms with Crippen LogP contribution in [0.4, 0.5) is 0 Å². The molecule has 1 N–H and O–H groups in total. The van der Waals surface area contributed by atoms with E-state index < -0.39 is 23.8 Å². The van der Waals surface area contributed by atoms with Crippen molar-refractivity contribution in [1.82, 2.24) is 4.98 Å². The summed E-state index contributed by atoms with van der Waals surface area (Å²) in [5.74, 6) is -1.08. The standard InChI is InChI=1S/C19H18ClNO7/c1-8-14(19(24)25-4)9(2)21-15(8)16(22)10(3)28-18(23)11-5-12(20)17-13(6-11)26-7-27-17/h5-6,10,21H,7H2,1-4H3. The van der Waals surface area contributed by atoms with Gasteiger partial charge in [0.15, 0.2) is 17.6 Å². The van der Waals surface area contributed by atoms with Crippen LogP contribution < -0.4 is 9.47 Å². The predicted molar refractivity (Wildman–Crippen MR) is 98.4 cm³/mol. The van der Waals surface area contributed by atoms with Gasteiger partial charge in [-0.3, -0.25) is 4.79 Å². The average Bonchev–Trinajstić information content (AvgIpc) is 3.25. The van der Waals surface area contributed by atoms with Gasteiger partial charge in [0.1, 0.15) is 0 Å². The minimum atomic E-state index is -1.10. The quantitative estimate of drug-likeness (QED) is 0.599. The maximum absolute atomic E-state index is 12.7. The summed E-state index contributed by atoms with van der Waals surface area (Å²) in [5.41, 5.74) is 1.52. The monoisotopic (exact) mass is 407 g/mol. The van der Waals surface area contributed by atoms with Crippen LogP contribution in [0.2, 0.25) is 5.02 Å². The Morgan fingerprint density at radius 1 is 1.18 bits per heavy atom. The molecule has 8 nitrogen and oxygen atoms in total. The van der Waals surface area contributed by atoms with E-state index in [1.807, 2.05) is 0 Å². The molecule has 3 rings (SSSR count). The van der Waals surface area contributed by atoms with E-state index in [0.29, 0.717) is 22.8 Å². The molecule has 0 aliphatic carbocycles. The minimum Gasteiger partial charge on any atom is -0.465 e. The van der Waals surface area contributed by atoms with Crippen molar-refractivity contribution in [3.63, 3.8) is 0 Å². The van der Waals surface area contributed by atoms with Crippen LogP contribution >= 0.6 is 11.6 Å². The molecule has 0 radical (unpaired) electrons. The molecular formula is C19H18ClNO7. The Morgan fingerprint density at radius 2 is 1.89 bits per heavy atom. The van der Waals surface area contributed by atoms with Gasteiger partial charge in [0.2, 0.25) is 12.6 Å². The molecule has 0 saturated heterocycles. The van der Waals surface area contributed by atoms with Gasteiger partial charge in [-0.25, -0.2) is 9.59 Å². The molecule has 0 spiro atoms. The number of ether oxygens (including phenoxy) is 4. The molecular weight excluding hydrogens is 390 g/mol. The number of aromatic amines is 1. The summed E-state index contributed by atoms with van der Waals surface area (Å²) >= 11 is 6.07. The van der Waals surface area contributed by atoms with Crippen LogP contribution in [0.15, 0.2) is 12.1 Å². The molecule has 0 fully saturated rings. The highest BCUT2D eigenvalue weighted by Gasteiger charge is 2.28. The largest absolute Gasteiger partial charge is 0.465 e. The number of carbonyl (C=O) groups is 3. The van der Waals surface area contributed by atoms with Crippen molar-refractivity contribution in [3.05, 3.63) is 45.2 Å². The fourth-order valence-corrected chi connectivity index (χ4v) is 3.24. The van der Waals surface area contributed by atoms with Crippen molar-refractivity contribution >= 4 is 29.3 Å². The first-order valence-electron chi connectivity index (χ1n) is 8.36. The van der Waals surface area contributed by atoms with E-state index >= 15 is 0 Å². The molecule has 148 valence electrons. The Hall–Kier alpha value is -3.00. The third-order valence-corrected chi connectivity index (χ3v) is 4.67. The topological polar surface area (TPSA) is 104 Å². The minimum absolute atomic E-state index is 0.0103. The van der Waals surface area contributed by atoms with Gasteiger partial charge in [0.05, 0.1) is 29.0 Å². The van der Waals surface area contributed by atoms with Gasteiger partial charge in [-0.15, -0.1) is 0 Å². The van der Waals surface area contributed by atoms with E-state index in [4.69, 9.17) is 30.5 Å². The molecule has 2 heterocycles. The van der Waals surface area contributed by atoms with Crippen LogP contribution in [0.1, 0.15) is 49.4 Å². The van der Waals surface area contributed by atoms with Crippen LogP contribution in [-0.4, -0.2) is 42.7 Å². The predicted octanol–water partition coefficient (Wildman–Crippen LogP) is 3.23. The zero-order chi connectivity index (χ0) is 20.6. The first-order chi connectivity index (χ1) is 13.2. The number of nitrogens with one attached hydrogen (secondary N) is 1. The van der Waals surface area contributed by atoms with Gasteiger partial charge in [-0.1, -0.05) is 11.6 Å². The Balaban J connectivity index is 1.79. The normalized spacial score (nSPS) is 13.2. The van der Waals surface area contributed by atoms with Crippen LogP contribution in [-0.2, 0) is 9.47 Å². The highest BCUT2D eigenvalue weighted by Crippen LogP contribution is 2.40. The molecule has 0 amide bonds. The Kier molecular flexibility index (Phi) is 5.33. The molecule has 9 heteroatoms. The fraction of sp³-hybridized carbons (Fsp3) is 0.316. The van der Waals surface area contributed by atoms with Gasteiger partial charge in [0.25, 0.3) is 0 Å². The van der Waals surface area contributed by atoms with E-state index in [9.17, 15) is 14.4 Å². The van der Waals surface area contributed by atoms with E-state index in [1.165, 1.54) is 26.2 Å². The number of esters is 2. The zero-order valence-corrected chi connectivity index (χ0v) is 16.4. The number of benzene rings is 1. The lowest BCUT2D eigenvalue weighted by atomic mass is 10.1. The number of fused-ring (bicyclic) bond motifs is 1. The highest BCUT2D eigenvalue weighted by molar-refractivity contribution is 6.32. The van der Waals surface area contributed by atoms with Crippen LogP contribution in [0.25, 0.3) is 0 Å². The summed E-state index contributed by atoms with van der Waals surface area (Å²) in [5, 5.41) is 0.208. The van der Waals surface area contributed by atoms with Crippen LogP contribution in [0.5, 0.6) is 11.5 Å². The number of hydrogen-bond acceptors (Lipinski definition) is 7. The third kappa shape index (κ3) is 3.43. The summed E-state index contributed by atoms with van der Waals surface area (Å²) < 4.78 is 20.4. The molecule has 1 unspecified atom stereocenters. The average molecular weight is 408 g/mol. The van der Waals surface area contributed by atoms with E-state index in [2.05, 4.69) is 4.98 Å². The second kappa shape index (κ2) is 7.55. The number of aromatic nitrogens is 1. The third-order valence-electron chi connectivity index (χ3n) is 4.39. The van der Waals surface area contributed by atoms with Crippen molar-refractivity contribution in [1.29, 1.82) is 0 Å². The van der Waals surface area contributed by atoms with Crippen molar-refractivity contribution in [3.8, 4) is 11.5 Å². The number of ketones is 1. The second-order valence-corrected chi connectivity index (χ2v) is 6.63. The van der Waals surface area contributed by atoms with Crippen molar-refractivity contribution < 1.29 is 33.3 Å². The Bertz CT molecular complexity index is 979. The molecule has 1 aliphatic heterocycles.